The lowest BCUT2D eigenvalue weighted by molar-refractivity contribution is 0.0143. The van der Waals surface area contributed by atoms with Crippen molar-refractivity contribution in [3.63, 3.8) is 0 Å². The minimum atomic E-state index is -2.45. The quantitative estimate of drug-likeness (QED) is 0.668. The molecule has 0 radical (unpaired) electrons. The zero-order valence-electron chi connectivity index (χ0n) is 11.3. The van der Waals surface area contributed by atoms with E-state index in [0.29, 0.717) is 10.9 Å². The van der Waals surface area contributed by atoms with Crippen molar-refractivity contribution in [3.8, 4) is 0 Å². The van der Waals surface area contributed by atoms with Crippen LogP contribution in [0.15, 0.2) is 22.7 Å². The maximum absolute atomic E-state index is 13.2. The Bertz CT molecular complexity index is 404. The van der Waals surface area contributed by atoms with Gasteiger partial charge in [-0.1, -0.05) is 13.0 Å². The molecule has 114 valence electrons. The lowest BCUT2D eigenvalue weighted by atomic mass is 10.0. The molecule has 0 spiro atoms. The Morgan fingerprint density at radius 1 is 1.35 bits per heavy atom. The van der Waals surface area contributed by atoms with Gasteiger partial charge in [-0.25, -0.2) is 13.2 Å². The molecule has 0 amide bonds. The zero-order valence-corrected chi connectivity index (χ0v) is 12.9. The first kappa shape index (κ1) is 17.5. The molecule has 0 saturated carbocycles. The van der Waals surface area contributed by atoms with Crippen LogP contribution in [0.5, 0.6) is 0 Å². The highest BCUT2D eigenvalue weighted by Crippen LogP contribution is 2.23. The minimum Gasteiger partial charge on any atom is -0.375 e. The Balaban J connectivity index is 2.60. The average Bonchev–Trinajstić information content (AvgIpc) is 2.41. The Labute approximate surface area is 125 Å². The molecule has 0 aliphatic rings. The van der Waals surface area contributed by atoms with Crippen molar-refractivity contribution in [1.29, 1.82) is 0 Å². The summed E-state index contributed by atoms with van der Waals surface area (Å²) in [5, 5.41) is 3.31. The van der Waals surface area contributed by atoms with Crippen molar-refractivity contribution in [3.05, 3.63) is 34.1 Å². The number of ether oxygens (including phenoxy) is 1. The van der Waals surface area contributed by atoms with Crippen LogP contribution >= 0.6 is 15.9 Å². The summed E-state index contributed by atoms with van der Waals surface area (Å²) in [6, 6.07) is 4.75. The van der Waals surface area contributed by atoms with Crippen LogP contribution < -0.4 is 5.32 Å². The molecule has 1 aromatic carbocycles. The van der Waals surface area contributed by atoms with Crippen LogP contribution in [0.25, 0.3) is 0 Å². The van der Waals surface area contributed by atoms with E-state index in [1.165, 1.54) is 6.07 Å². The Kier molecular flexibility index (Phi) is 8.18. The highest BCUT2D eigenvalue weighted by atomic mass is 79.9. The Morgan fingerprint density at radius 3 is 2.70 bits per heavy atom. The van der Waals surface area contributed by atoms with Crippen molar-refractivity contribution in [2.75, 3.05) is 19.8 Å². The van der Waals surface area contributed by atoms with Gasteiger partial charge in [-0.15, -0.1) is 0 Å². The second-order valence-electron chi connectivity index (χ2n) is 4.43. The first-order valence-electron chi connectivity index (χ1n) is 6.58. The summed E-state index contributed by atoms with van der Waals surface area (Å²) in [7, 11) is 0. The maximum Gasteiger partial charge on any atom is 0.261 e. The van der Waals surface area contributed by atoms with Crippen molar-refractivity contribution < 1.29 is 17.9 Å². The largest absolute Gasteiger partial charge is 0.375 e. The molecule has 20 heavy (non-hydrogen) atoms. The standard InChI is InChI=1S/C14H19BrF3NO/c1-2-6-19-13(5-7-20-9-14(17)18)10-3-4-12(16)11(15)8-10/h3-4,8,13-14,19H,2,5-7,9H2,1H3. The molecule has 6 heteroatoms. The number of rotatable bonds is 9. The van der Waals surface area contributed by atoms with Gasteiger partial charge in [0.25, 0.3) is 6.43 Å². The van der Waals surface area contributed by atoms with Crippen LogP contribution in [-0.2, 0) is 4.74 Å². The molecule has 1 rings (SSSR count). The molecule has 0 bridgehead atoms. The summed E-state index contributed by atoms with van der Waals surface area (Å²) in [4.78, 5) is 0. The Morgan fingerprint density at radius 2 is 2.10 bits per heavy atom. The normalized spacial score (nSPS) is 12.9. The lowest BCUT2D eigenvalue weighted by Crippen LogP contribution is -2.24. The van der Waals surface area contributed by atoms with Gasteiger partial charge < -0.3 is 10.1 Å². The fourth-order valence-electron chi connectivity index (χ4n) is 1.81. The van der Waals surface area contributed by atoms with E-state index in [0.717, 1.165) is 18.5 Å². The third-order valence-corrected chi connectivity index (χ3v) is 3.39. The van der Waals surface area contributed by atoms with E-state index in [9.17, 15) is 13.2 Å². The molecule has 0 aromatic heterocycles. The van der Waals surface area contributed by atoms with Crippen molar-refractivity contribution >= 4 is 15.9 Å². The SMILES string of the molecule is CCCNC(CCOCC(F)F)c1ccc(F)c(Br)c1. The van der Waals surface area contributed by atoms with Crippen molar-refractivity contribution in [1.82, 2.24) is 5.32 Å². The van der Waals surface area contributed by atoms with Gasteiger partial charge in [-0.05, 0) is 53.0 Å². The lowest BCUT2D eigenvalue weighted by Gasteiger charge is -2.19. The molecule has 1 aromatic rings. The van der Waals surface area contributed by atoms with Gasteiger partial charge in [0.15, 0.2) is 0 Å². The second kappa shape index (κ2) is 9.37. The molecule has 1 unspecified atom stereocenters. The summed E-state index contributed by atoms with van der Waals surface area (Å²) in [6.07, 6.45) is -0.932. The van der Waals surface area contributed by atoms with E-state index in [4.69, 9.17) is 4.74 Å². The maximum atomic E-state index is 13.2. The predicted octanol–water partition coefficient (Wildman–Crippen LogP) is 4.30. The third kappa shape index (κ3) is 6.24. The van der Waals surface area contributed by atoms with E-state index in [2.05, 4.69) is 21.2 Å². The summed E-state index contributed by atoms with van der Waals surface area (Å²) in [5.74, 6) is -0.322. The number of alkyl halides is 2. The third-order valence-electron chi connectivity index (χ3n) is 2.78. The van der Waals surface area contributed by atoms with E-state index < -0.39 is 13.0 Å². The van der Waals surface area contributed by atoms with Crippen LogP contribution in [0.4, 0.5) is 13.2 Å². The monoisotopic (exact) mass is 353 g/mol. The summed E-state index contributed by atoms with van der Waals surface area (Å²) in [6.45, 7) is 2.53. The van der Waals surface area contributed by atoms with Crippen LogP contribution in [0.2, 0.25) is 0 Å². The summed E-state index contributed by atoms with van der Waals surface area (Å²) in [5.41, 5.74) is 0.910. The summed E-state index contributed by atoms with van der Waals surface area (Å²) < 4.78 is 42.5. The van der Waals surface area contributed by atoms with Gasteiger partial charge in [0.1, 0.15) is 12.4 Å². The second-order valence-corrected chi connectivity index (χ2v) is 5.29. The fraction of sp³-hybridized carbons (Fsp3) is 0.571. The van der Waals surface area contributed by atoms with Crippen LogP contribution in [0.3, 0.4) is 0 Å². The number of nitrogens with one attached hydrogen (secondary N) is 1. The molecular formula is C14H19BrF3NO. The van der Waals surface area contributed by atoms with Crippen molar-refractivity contribution in [2.24, 2.45) is 0 Å². The number of halogens is 4. The smallest absolute Gasteiger partial charge is 0.261 e. The van der Waals surface area contributed by atoms with Gasteiger partial charge in [0.2, 0.25) is 0 Å². The average molecular weight is 354 g/mol. The van der Waals surface area contributed by atoms with Crippen LogP contribution in [0.1, 0.15) is 31.4 Å². The molecule has 0 fully saturated rings. The highest BCUT2D eigenvalue weighted by molar-refractivity contribution is 9.10. The van der Waals surface area contributed by atoms with E-state index >= 15 is 0 Å². The highest BCUT2D eigenvalue weighted by Gasteiger charge is 2.13. The van der Waals surface area contributed by atoms with Gasteiger partial charge in [-0.2, -0.15) is 0 Å². The van der Waals surface area contributed by atoms with Gasteiger partial charge in [-0.3, -0.25) is 0 Å². The van der Waals surface area contributed by atoms with E-state index in [1.54, 1.807) is 12.1 Å². The Hall–Kier alpha value is -0.590. The fourth-order valence-corrected chi connectivity index (χ4v) is 2.20. The molecule has 0 heterocycles. The first-order valence-corrected chi connectivity index (χ1v) is 7.38. The molecule has 0 saturated heterocycles. The van der Waals surface area contributed by atoms with Crippen molar-refractivity contribution in [2.45, 2.75) is 32.2 Å². The van der Waals surface area contributed by atoms with E-state index in [1.807, 2.05) is 6.92 Å². The number of hydrogen-bond donors (Lipinski definition) is 1. The van der Waals surface area contributed by atoms with E-state index in [-0.39, 0.29) is 18.5 Å². The summed E-state index contributed by atoms with van der Waals surface area (Å²) >= 11 is 3.15. The van der Waals surface area contributed by atoms with Gasteiger partial charge >= 0.3 is 0 Å². The molecular weight excluding hydrogens is 335 g/mol. The number of hydrogen-bond acceptors (Lipinski definition) is 2. The van der Waals surface area contributed by atoms with Gasteiger partial charge in [0.05, 0.1) is 4.47 Å². The zero-order chi connectivity index (χ0) is 15.0. The number of benzene rings is 1. The molecule has 0 aliphatic heterocycles. The molecule has 1 N–H and O–H groups in total. The van der Waals surface area contributed by atoms with Crippen LogP contribution in [-0.4, -0.2) is 26.2 Å². The topological polar surface area (TPSA) is 21.3 Å². The molecule has 2 nitrogen and oxygen atoms in total. The molecule has 0 aliphatic carbocycles. The first-order chi connectivity index (χ1) is 9.54. The predicted molar refractivity (Wildman–Crippen MR) is 76.6 cm³/mol. The minimum absolute atomic E-state index is 0.0375. The van der Waals surface area contributed by atoms with Crippen LogP contribution in [0, 0.1) is 5.82 Å². The van der Waals surface area contributed by atoms with Gasteiger partial charge in [0, 0.05) is 12.6 Å². The molecule has 1 atom stereocenters.